The maximum atomic E-state index is 12.7. The number of aromatic amines is 1. The summed E-state index contributed by atoms with van der Waals surface area (Å²) in [5.41, 5.74) is 4.63. The second-order valence-electron chi connectivity index (χ2n) is 10.6. The van der Waals surface area contributed by atoms with Crippen LogP contribution in [0.5, 0.6) is 5.88 Å². The van der Waals surface area contributed by atoms with Gasteiger partial charge in [0, 0.05) is 66.0 Å². The molecule has 3 aromatic heterocycles. The number of imidazole rings is 1. The van der Waals surface area contributed by atoms with Crippen molar-refractivity contribution >= 4 is 33.2 Å². The Morgan fingerprint density at radius 1 is 1.15 bits per heavy atom. The maximum absolute atomic E-state index is 12.7. The van der Waals surface area contributed by atoms with Crippen molar-refractivity contribution in [1.82, 2.24) is 34.1 Å². The van der Waals surface area contributed by atoms with Gasteiger partial charge in [-0.2, -0.15) is 10.1 Å². The van der Waals surface area contributed by atoms with Gasteiger partial charge in [-0.15, -0.1) is 0 Å². The van der Waals surface area contributed by atoms with Gasteiger partial charge in [-0.25, -0.2) is 9.59 Å². The van der Waals surface area contributed by atoms with E-state index < -0.39 is 12.2 Å². The van der Waals surface area contributed by atoms with E-state index in [9.17, 15) is 19.8 Å². The van der Waals surface area contributed by atoms with Crippen LogP contribution in [-0.2, 0) is 19.5 Å². The number of carboxylic acid groups (broad SMARTS) is 1. The van der Waals surface area contributed by atoms with Gasteiger partial charge in [0.1, 0.15) is 0 Å². The fourth-order valence-corrected chi connectivity index (χ4v) is 6.26. The fraction of sp³-hybridized carbons (Fsp3) is 0.429. The van der Waals surface area contributed by atoms with Crippen LogP contribution in [0.1, 0.15) is 30.1 Å². The molecule has 41 heavy (non-hydrogen) atoms. The van der Waals surface area contributed by atoms with E-state index >= 15 is 0 Å². The third kappa shape index (κ3) is 5.48. The normalized spacial score (nSPS) is 17.1. The minimum atomic E-state index is -0.946. The Labute approximate surface area is 244 Å². The third-order valence-electron chi connectivity index (χ3n) is 8.04. The van der Waals surface area contributed by atoms with Gasteiger partial charge in [0.05, 0.1) is 37.5 Å². The number of aliphatic hydroxyl groups is 1. The summed E-state index contributed by atoms with van der Waals surface area (Å²) < 4.78 is 9.78. The summed E-state index contributed by atoms with van der Waals surface area (Å²) in [5.74, 6) is 0.463. The van der Waals surface area contributed by atoms with E-state index in [2.05, 4.69) is 30.8 Å². The number of methoxy groups -OCH3 is 1. The van der Waals surface area contributed by atoms with E-state index in [0.717, 1.165) is 52.9 Å². The summed E-state index contributed by atoms with van der Waals surface area (Å²) in [6, 6.07) is 11.3. The molecule has 0 radical (unpaired) electrons. The Morgan fingerprint density at radius 3 is 2.61 bits per heavy atom. The van der Waals surface area contributed by atoms with E-state index in [1.54, 1.807) is 23.8 Å². The summed E-state index contributed by atoms with van der Waals surface area (Å²) in [5, 5.41) is 25.6. The lowest BCUT2D eigenvalue weighted by Gasteiger charge is -2.33. The van der Waals surface area contributed by atoms with Crippen LogP contribution in [0.4, 0.5) is 4.79 Å². The van der Waals surface area contributed by atoms with Crippen LogP contribution < -0.4 is 10.4 Å². The number of amides is 1. The Hall–Kier alpha value is -3.68. The lowest BCUT2D eigenvalue weighted by atomic mass is 10.0. The number of nitrogens with one attached hydrogen (secondary N) is 1. The number of halogens is 1. The molecular formula is C28H32BrN7O5. The minimum absolute atomic E-state index is 0.00744. The number of hydrogen-bond acceptors (Lipinski definition) is 7. The zero-order chi connectivity index (χ0) is 28.7. The first-order valence-electron chi connectivity index (χ1n) is 13.7. The largest absolute Gasteiger partial charge is 0.481 e. The first-order chi connectivity index (χ1) is 19.8. The zero-order valence-electron chi connectivity index (χ0n) is 22.7. The summed E-state index contributed by atoms with van der Waals surface area (Å²) in [6.45, 7) is 2.93. The number of pyridine rings is 1. The van der Waals surface area contributed by atoms with Crippen molar-refractivity contribution < 1.29 is 19.7 Å². The van der Waals surface area contributed by atoms with Crippen LogP contribution in [-0.4, -0.2) is 89.8 Å². The number of rotatable bonds is 7. The molecule has 6 rings (SSSR count). The molecule has 216 valence electrons. The summed E-state index contributed by atoms with van der Waals surface area (Å²) in [4.78, 5) is 35.4. The van der Waals surface area contributed by atoms with Gasteiger partial charge in [0.15, 0.2) is 5.65 Å². The van der Waals surface area contributed by atoms with Crippen LogP contribution in [0, 0.1) is 0 Å². The first kappa shape index (κ1) is 27.5. The molecule has 5 heterocycles. The molecule has 1 saturated heterocycles. The van der Waals surface area contributed by atoms with Gasteiger partial charge < -0.3 is 29.7 Å². The van der Waals surface area contributed by atoms with Crippen molar-refractivity contribution in [1.29, 1.82) is 0 Å². The van der Waals surface area contributed by atoms with E-state index in [-0.39, 0.29) is 18.3 Å². The van der Waals surface area contributed by atoms with Gasteiger partial charge >= 0.3 is 11.8 Å². The van der Waals surface area contributed by atoms with Crippen molar-refractivity contribution in [2.75, 3.05) is 33.3 Å². The number of aliphatic hydroxyl groups excluding tert-OH is 1. The lowest BCUT2D eigenvalue weighted by Crippen LogP contribution is -2.42. The summed E-state index contributed by atoms with van der Waals surface area (Å²) >= 11 is 3.47. The fourth-order valence-electron chi connectivity index (χ4n) is 6.00. The molecule has 0 bridgehead atoms. The Balaban J connectivity index is 1.14. The topological polar surface area (TPSA) is 142 Å². The molecule has 1 unspecified atom stereocenters. The number of ether oxygens (including phenoxy) is 1. The SMILES string of the molecule is COc1ccc2[nH]c(=O)n(C3CCN(CC(O)Cn4nc(-c5ccc(Br)cc5)c5c4CCN(C(=O)O)C5)CC3)c2n1. The predicted octanol–water partition coefficient (Wildman–Crippen LogP) is 3.09. The van der Waals surface area contributed by atoms with Crippen molar-refractivity contribution in [2.24, 2.45) is 0 Å². The van der Waals surface area contributed by atoms with Gasteiger partial charge in [0.25, 0.3) is 0 Å². The smallest absolute Gasteiger partial charge is 0.407 e. The van der Waals surface area contributed by atoms with Crippen molar-refractivity contribution in [3.05, 3.63) is 62.6 Å². The Bertz CT molecular complexity index is 1620. The van der Waals surface area contributed by atoms with Crippen LogP contribution in [0.3, 0.4) is 0 Å². The van der Waals surface area contributed by atoms with Gasteiger partial charge in [-0.05, 0) is 31.0 Å². The average Bonchev–Trinajstić information content (AvgIpc) is 3.49. The van der Waals surface area contributed by atoms with Crippen molar-refractivity contribution in [3.63, 3.8) is 0 Å². The quantitative estimate of drug-likeness (QED) is 0.284. The third-order valence-corrected chi connectivity index (χ3v) is 8.57. The van der Waals surface area contributed by atoms with Crippen molar-refractivity contribution in [3.8, 4) is 17.1 Å². The molecule has 1 fully saturated rings. The molecule has 1 amide bonds. The standard InChI is InChI=1S/C28H32BrN7O5/c1-41-24-7-6-22-26(31-24)36(27(38)30-22)19-8-11-33(12-9-19)14-20(37)15-35-23-10-13-34(28(39)40)16-21(23)25(32-35)17-2-4-18(29)5-3-17/h2-7,19-20,37H,8-16H2,1H3,(H,30,38)(H,39,40). The molecule has 4 aromatic rings. The Kier molecular flexibility index (Phi) is 7.58. The van der Waals surface area contributed by atoms with Gasteiger partial charge in [-0.3, -0.25) is 9.25 Å². The van der Waals surface area contributed by atoms with Crippen molar-refractivity contribution in [2.45, 2.75) is 44.5 Å². The monoisotopic (exact) mass is 625 g/mol. The molecule has 3 N–H and O–H groups in total. The molecule has 12 nitrogen and oxygen atoms in total. The van der Waals surface area contributed by atoms with Crippen LogP contribution in [0.15, 0.2) is 45.7 Å². The molecule has 0 spiro atoms. The summed E-state index contributed by atoms with van der Waals surface area (Å²) in [6.07, 6.45) is 0.454. The molecule has 2 aliphatic heterocycles. The highest BCUT2D eigenvalue weighted by molar-refractivity contribution is 9.10. The highest BCUT2D eigenvalue weighted by Gasteiger charge is 2.30. The highest BCUT2D eigenvalue weighted by Crippen LogP contribution is 2.31. The number of aromatic nitrogens is 5. The molecule has 1 atom stereocenters. The van der Waals surface area contributed by atoms with Gasteiger partial charge in [-0.1, -0.05) is 28.1 Å². The first-order valence-corrected chi connectivity index (χ1v) is 14.5. The molecule has 0 saturated carbocycles. The minimum Gasteiger partial charge on any atom is -0.481 e. The number of hydrogen-bond donors (Lipinski definition) is 3. The number of carbonyl (C=O) groups is 1. The highest BCUT2D eigenvalue weighted by atomic mass is 79.9. The number of nitrogens with zero attached hydrogens (tertiary/aromatic N) is 6. The lowest BCUT2D eigenvalue weighted by molar-refractivity contribution is 0.0760. The summed E-state index contributed by atoms with van der Waals surface area (Å²) in [7, 11) is 1.55. The average molecular weight is 627 g/mol. The van der Waals surface area contributed by atoms with E-state index in [4.69, 9.17) is 9.84 Å². The van der Waals surface area contributed by atoms with E-state index in [0.29, 0.717) is 43.1 Å². The molecular weight excluding hydrogens is 594 g/mol. The molecule has 1 aromatic carbocycles. The number of fused-ring (bicyclic) bond motifs is 2. The number of H-pyrrole nitrogens is 1. The molecule has 0 aliphatic carbocycles. The number of benzene rings is 1. The molecule has 2 aliphatic rings. The van der Waals surface area contributed by atoms with E-state index in [1.807, 2.05) is 28.9 Å². The van der Waals surface area contributed by atoms with E-state index in [1.165, 1.54) is 4.90 Å². The predicted molar refractivity (Wildman–Crippen MR) is 155 cm³/mol. The zero-order valence-corrected chi connectivity index (χ0v) is 24.2. The van der Waals surface area contributed by atoms with Crippen LogP contribution >= 0.6 is 15.9 Å². The second kappa shape index (κ2) is 11.3. The number of piperidine rings is 1. The molecule has 13 heteroatoms. The number of β-amino-alcohol motifs (C(OH)–C–C–N with tert-alkyl or cyclic N) is 1. The Morgan fingerprint density at radius 2 is 1.90 bits per heavy atom. The van der Waals surface area contributed by atoms with Crippen LogP contribution in [0.2, 0.25) is 0 Å². The number of likely N-dealkylation sites (tertiary alicyclic amines) is 1. The van der Waals surface area contributed by atoms with Crippen LogP contribution in [0.25, 0.3) is 22.4 Å². The maximum Gasteiger partial charge on any atom is 0.407 e. The second-order valence-corrected chi connectivity index (χ2v) is 11.5. The van der Waals surface area contributed by atoms with Gasteiger partial charge in [0.2, 0.25) is 5.88 Å².